The van der Waals surface area contributed by atoms with E-state index >= 15 is 0 Å². The van der Waals surface area contributed by atoms with Crippen LogP contribution in [0.2, 0.25) is 0 Å². The zero-order valence-electron chi connectivity index (χ0n) is 6.87. The Morgan fingerprint density at radius 2 is 1.77 bits per heavy atom. The van der Waals surface area contributed by atoms with Gasteiger partial charge in [-0.05, 0) is 0 Å². The van der Waals surface area contributed by atoms with Crippen LogP contribution in [0.3, 0.4) is 0 Å². The molecule has 0 amide bonds. The van der Waals surface area contributed by atoms with Crippen LogP contribution in [0.25, 0.3) is 0 Å². The van der Waals surface area contributed by atoms with Gasteiger partial charge in [0, 0.05) is 0 Å². The number of hydrogen-bond donors (Lipinski definition) is 4. The van der Waals surface area contributed by atoms with E-state index in [9.17, 15) is 15.3 Å². The SMILES string of the molecule is C#C[C@H]1O[C@H](CO)[C@@H](O)C(O)C1O. The van der Waals surface area contributed by atoms with Crippen molar-refractivity contribution in [1.29, 1.82) is 0 Å². The molecule has 0 aromatic rings. The average molecular weight is 188 g/mol. The highest BCUT2D eigenvalue weighted by Crippen LogP contribution is 2.20. The minimum Gasteiger partial charge on any atom is -0.394 e. The van der Waals surface area contributed by atoms with Crippen molar-refractivity contribution in [2.45, 2.75) is 30.5 Å². The van der Waals surface area contributed by atoms with E-state index in [1.54, 1.807) is 0 Å². The van der Waals surface area contributed by atoms with Gasteiger partial charge in [0.25, 0.3) is 0 Å². The van der Waals surface area contributed by atoms with Crippen molar-refractivity contribution in [3.05, 3.63) is 0 Å². The third-order valence-corrected chi connectivity index (χ3v) is 2.06. The van der Waals surface area contributed by atoms with E-state index in [2.05, 4.69) is 5.92 Å². The van der Waals surface area contributed by atoms with Gasteiger partial charge < -0.3 is 25.2 Å². The topological polar surface area (TPSA) is 90.2 Å². The number of rotatable bonds is 1. The second kappa shape index (κ2) is 4.05. The van der Waals surface area contributed by atoms with Gasteiger partial charge in [-0.25, -0.2) is 0 Å². The first kappa shape index (κ1) is 10.4. The van der Waals surface area contributed by atoms with Crippen molar-refractivity contribution in [3.63, 3.8) is 0 Å². The molecule has 0 aliphatic carbocycles. The zero-order valence-corrected chi connectivity index (χ0v) is 6.87. The summed E-state index contributed by atoms with van der Waals surface area (Å²) >= 11 is 0. The van der Waals surface area contributed by atoms with Gasteiger partial charge in [0.1, 0.15) is 30.5 Å². The maximum Gasteiger partial charge on any atom is 0.146 e. The van der Waals surface area contributed by atoms with E-state index in [0.717, 1.165) is 0 Å². The van der Waals surface area contributed by atoms with Crippen molar-refractivity contribution >= 4 is 0 Å². The zero-order chi connectivity index (χ0) is 10.0. The second-order valence-corrected chi connectivity index (χ2v) is 2.92. The van der Waals surface area contributed by atoms with E-state index in [-0.39, 0.29) is 0 Å². The Bertz CT molecular complexity index is 209. The number of aliphatic hydroxyl groups is 4. The van der Waals surface area contributed by atoms with Gasteiger partial charge in [0.15, 0.2) is 0 Å². The Morgan fingerprint density at radius 3 is 2.23 bits per heavy atom. The van der Waals surface area contributed by atoms with Crippen molar-refractivity contribution in [2.75, 3.05) is 6.61 Å². The first-order chi connectivity index (χ1) is 6.11. The normalized spacial score (nSPS) is 45.6. The largest absolute Gasteiger partial charge is 0.394 e. The summed E-state index contributed by atoms with van der Waals surface area (Å²) in [6, 6.07) is 0. The molecule has 0 saturated carbocycles. The van der Waals surface area contributed by atoms with E-state index in [4.69, 9.17) is 16.3 Å². The quantitative estimate of drug-likeness (QED) is 0.340. The summed E-state index contributed by atoms with van der Waals surface area (Å²) in [5.74, 6) is 2.11. The number of hydrogen-bond acceptors (Lipinski definition) is 5. The Labute approximate surface area is 75.6 Å². The Morgan fingerprint density at radius 1 is 1.15 bits per heavy atom. The minimum absolute atomic E-state index is 0.455. The van der Waals surface area contributed by atoms with Crippen LogP contribution in [-0.2, 0) is 4.74 Å². The summed E-state index contributed by atoms with van der Waals surface area (Å²) in [6.45, 7) is -0.455. The Balaban J connectivity index is 2.73. The molecule has 0 aromatic heterocycles. The summed E-state index contributed by atoms with van der Waals surface area (Å²) in [7, 11) is 0. The lowest BCUT2D eigenvalue weighted by atomic mass is 9.96. The maximum absolute atomic E-state index is 9.26. The molecule has 4 N–H and O–H groups in total. The molecular weight excluding hydrogens is 176 g/mol. The lowest BCUT2D eigenvalue weighted by Gasteiger charge is -2.37. The van der Waals surface area contributed by atoms with Gasteiger partial charge >= 0.3 is 0 Å². The fourth-order valence-electron chi connectivity index (χ4n) is 1.24. The van der Waals surface area contributed by atoms with Crippen LogP contribution in [0, 0.1) is 12.3 Å². The summed E-state index contributed by atoms with van der Waals surface area (Å²) < 4.78 is 4.93. The van der Waals surface area contributed by atoms with Gasteiger partial charge in [0.2, 0.25) is 0 Å². The van der Waals surface area contributed by atoms with E-state index in [1.807, 2.05) is 0 Å². The van der Waals surface area contributed by atoms with E-state index in [1.165, 1.54) is 0 Å². The number of aliphatic hydroxyl groups excluding tert-OH is 4. The third-order valence-electron chi connectivity index (χ3n) is 2.06. The number of terminal acetylenes is 1. The average Bonchev–Trinajstić information content (AvgIpc) is 2.15. The summed E-state index contributed by atoms with van der Waals surface area (Å²) in [6.07, 6.45) is -0.941. The monoisotopic (exact) mass is 188 g/mol. The molecule has 1 fully saturated rings. The Kier molecular flexibility index (Phi) is 3.25. The molecule has 5 nitrogen and oxygen atoms in total. The molecule has 13 heavy (non-hydrogen) atoms. The van der Waals surface area contributed by atoms with Crippen LogP contribution >= 0.6 is 0 Å². The van der Waals surface area contributed by atoms with Gasteiger partial charge in [0.05, 0.1) is 6.61 Å². The molecular formula is C8H12O5. The fourth-order valence-corrected chi connectivity index (χ4v) is 1.24. The molecule has 0 spiro atoms. The highest BCUT2D eigenvalue weighted by molar-refractivity contribution is 5.05. The fraction of sp³-hybridized carbons (Fsp3) is 0.750. The standard InChI is InChI=1S/C8H12O5/c1-2-4-6(10)8(12)7(11)5(3-9)13-4/h1,4-12H,3H2/t4-,5-,6?,7-,8?/m1/s1. The molecule has 5 heteroatoms. The Hall–Kier alpha value is -0.640. The third kappa shape index (κ3) is 1.82. The minimum atomic E-state index is -1.38. The molecule has 1 saturated heterocycles. The second-order valence-electron chi connectivity index (χ2n) is 2.92. The molecule has 0 radical (unpaired) electrons. The number of ether oxygens (including phenoxy) is 1. The van der Waals surface area contributed by atoms with Crippen LogP contribution in [0.1, 0.15) is 0 Å². The van der Waals surface area contributed by atoms with Crippen LogP contribution in [0.5, 0.6) is 0 Å². The van der Waals surface area contributed by atoms with Gasteiger partial charge in [-0.1, -0.05) is 5.92 Å². The highest BCUT2D eigenvalue weighted by atomic mass is 16.5. The molecule has 0 bridgehead atoms. The molecule has 1 heterocycles. The summed E-state index contributed by atoms with van der Waals surface area (Å²) in [5, 5.41) is 36.5. The van der Waals surface area contributed by atoms with Crippen LogP contribution in [0.15, 0.2) is 0 Å². The lowest BCUT2D eigenvalue weighted by molar-refractivity contribution is -0.214. The molecule has 5 atom stereocenters. The first-order valence-corrected chi connectivity index (χ1v) is 3.88. The van der Waals surface area contributed by atoms with Crippen LogP contribution in [-0.4, -0.2) is 57.6 Å². The molecule has 2 unspecified atom stereocenters. The van der Waals surface area contributed by atoms with Crippen LogP contribution in [0.4, 0.5) is 0 Å². The molecule has 74 valence electrons. The molecule has 1 aliphatic rings. The van der Waals surface area contributed by atoms with Crippen LogP contribution < -0.4 is 0 Å². The smallest absolute Gasteiger partial charge is 0.146 e. The predicted molar refractivity (Wildman–Crippen MR) is 42.6 cm³/mol. The molecule has 1 aliphatic heterocycles. The van der Waals surface area contributed by atoms with Crippen molar-refractivity contribution in [3.8, 4) is 12.3 Å². The summed E-state index contributed by atoms with van der Waals surface area (Å²) in [4.78, 5) is 0. The van der Waals surface area contributed by atoms with Crippen molar-refractivity contribution < 1.29 is 25.2 Å². The van der Waals surface area contributed by atoms with E-state index in [0.29, 0.717) is 0 Å². The van der Waals surface area contributed by atoms with Crippen molar-refractivity contribution in [2.24, 2.45) is 0 Å². The van der Waals surface area contributed by atoms with Crippen molar-refractivity contribution in [1.82, 2.24) is 0 Å². The molecule has 0 aromatic carbocycles. The maximum atomic E-state index is 9.26. The summed E-state index contributed by atoms with van der Waals surface area (Å²) in [5.41, 5.74) is 0. The van der Waals surface area contributed by atoms with Gasteiger partial charge in [-0.3, -0.25) is 0 Å². The lowest BCUT2D eigenvalue weighted by Crippen LogP contribution is -2.58. The predicted octanol–water partition coefficient (Wildman–Crippen LogP) is -2.54. The molecule has 1 rings (SSSR count). The highest BCUT2D eigenvalue weighted by Gasteiger charge is 2.42. The van der Waals surface area contributed by atoms with Gasteiger partial charge in [-0.2, -0.15) is 0 Å². The van der Waals surface area contributed by atoms with E-state index < -0.39 is 37.1 Å². The first-order valence-electron chi connectivity index (χ1n) is 3.88. The van der Waals surface area contributed by atoms with Gasteiger partial charge in [-0.15, -0.1) is 6.42 Å².